The second kappa shape index (κ2) is 11.2. The van der Waals surface area contributed by atoms with Crippen molar-refractivity contribution in [3.63, 3.8) is 0 Å². The van der Waals surface area contributed by atoms with Crippen LogP contribution in [0.3, 0.4) is 0 Å². The number of benzene rings is 3. The first-order chi connectivity index (χ1) is 15.3. The molecule has 3 aromatic carbocycles. The lowest BCUT2D eigenvalue weighted by Crippen LogP contribution is -2.34. The molecule has 160 valence electrons. The average molecular weight is 431 g/mol. The van der Waals surface area contributed by atoms with Crippen LogP contribution in [-0.2, 0) is 11.2 Å². The molecule has 1 saturated heterocycles. The van der Waals surface area contributed by atoms with E-state index in [1.807, 2.05) is 48.5 Å². The van der Waals surface area contributed by atoms with Crippen LogP contribution in [0.25, 0.3) is 0 Å². The Hall–Kier alpha value is -2.56. The third kappa shape index (κ3) is 6.46. The first-order valence-corrected chi connectivity index (χ1v) is 12.0. The van der Waals surface area contributed by atoms with Gasteiger partial charge in [0.15, 0.2) is 0 Å². The SMILES string of the molecule is O=C(NCC1CCN(CCc2ccccc2)C1)C(Sc1ccccc1)c1ccccc1. The lowest BCUT2D eigenvalue weighted by molar-refractivity contribution is -0.120. The monoisotopic (exact) mass is 430 g/mol. The average Bonchev–Trinajstić information content (AvgIpc) is 3.29. The van der Waals surface area contributed by atoms with Crippen molar-refractivity contribution in [2.45, 2.75) is 23.0 Å². The van der Waals surface area contributed by atoms with Crippen LogP contribution < -0.4 is 5.32 Å². The van der Waals surface area contributed by atoms with E-state index in [1.54, 1.807) is 11.8 Å². The van der Waals surface area contributed by atoms with Crippen LogP contribution in [0.1, 0.15) is 22.8 Å². The summed E-state index contributed by atoms with van der Waals surface area (Å²) in [5, 5.41) is 3.01. The zero-order valence-electron chi connectivity index (χ0n) is 17.8. The highest BCUT2D eigenvalue weighted by Crippen LogP contribution is 2.35. The number of likely N-dealkylation sites (tertiary alicyclic amines) is 1. The summed E-state index contributed by atoms with van der Waals surface area (Å²) in [6.45, 7) is 4.02. The minimum atomic E-state index is -0.237. The van der Waals surface area contributed by atoms with Crippen molar-refractivity contribution in [1.82, 2.24) is 10.2 Å². The maximum Gasteiger partial charge on any atom is 0.238 e. The second-order valence-corrected chi connectivity index (χ2v) is 9.34. The van der Waals surface area contributed by atoms with Crippen molar-refractivity contribution in [3.8, 4) is 0 Å². The molecule has 0 bridgehead atoms. The molecule has 3 nitrogen and oxygen atoms in total. The van der Waals surface area contributed by atoms with Crippen LogP contribution in [0.2, 0.25) is 0 Å². The van der Waals surface area contributed by atoms with Crippen LogP contribution in [0.4, 0.5) is 0 Å². The Morgan fingerprint density at radius 1 is 0.935 bits per heavy atom. The lowest BCUT2D eigenvalue weighted by atomic mass is 10.1. The molecule has 0 saturated carbocycles. The van der Waals surface area contributed by atoms with Gasteiger partial charge in [-0.05, 0) is 48.6 Å². The Balaban J connectivity index is 1.29. The quantitative estimate of drug-likeness (QED) is 0.474. The van der Waals surface area contributed by atoms with Gasteiger partial charge in [-0.2, -0.15) is 0 Å². The fraction of sp³-hybridized carbons (Fsp3) is 0.296. The zero-order valence-corrected chi connectivity index (χ0v) is 18.6. The minimum Gasteiger partial charge on any atom is -0.355 e. The van der Waals surface area contributed by atoms with Gasteiger partial charge in [0.25, 0.3) is 0 Å². The van der Waals surface area contributed by atoms with Gasteiger partial charge in [0.05, 0.1) is 0 Å². The molecule has 0 aromatic heterocycles. The zero-order chi connectivity index (χ0) is 21.3. The number of carbonyl (C=O) groups excluding carboxylic acids is 1. The summed E-state index contributed by atoms with van der Waals surface area (Å²) in [5.74, 6) is 0.626. The number of hydrogen-bond acceptors (Lipinski definition) is 3. The van der Waals surface area contributed by atoms with Crippen molar-refractivity contribution in [2.75, 3.05) is 26.2 Å². The summed E-state index contributed by atoms with van der Waals surface area (Å²) in [6.07, 6.45) is 2.24. The molecule has 1 heterocycles. The molecule has 3 aromatic rings. The highest BCUT2D eigenvalue weighted by atomic mass is 32.2. The van der Waals surface area contributed by atoms with Crippen LogP contribution in [0.5, 0.6) is 0 Å². The van der Waals surface area contributed by atoms with Gasteiger partial charge in [-0.25, -0.2) is 0 Å². The van der Waals surface area contributed by atoms with E-state index in [9.17, 15) is 4.79 Å². The van der Waals surface area contributed by atoms with Gasteiger partial charge < -0.3 is 10.2 Å². The highest BCUT2D eigenvalue weighted by Gasteiger charge is 2.26. The Bertz CT molecular complexity index is 933. The fourth-order valence-corrected chi connectivity index (χ4v) is 5.16. The van der Waals surface area contributed by atoms with Crippen LogP contribution in [-0.4, -0.2) is 37.0 Å². The summed E-state index contributed by atoms with van der Waals surface area (Å²) in [7, 11) is 0. The number of nitrogens with zero attached hydrogens (tertiary/aromatic N) is 1. The number of rotatable bonds is 9. The topological polar surface area (TPSA) is 32.3 Å². The molecule has 1 N–H and O–H groups in total. The predicted molar refractivity (Wildman–Crippen MR) is 129 cm³/mol. The van der Waals surface area contributed by atoms with Gasteiger partial charge >= 0.3 is 0 Å². The summed E-state index contributed by atoms with van der Waals surface area (Å²) in [4.78, 5) is 16.8. The van der Waals surface area contributed by atoms with Crippen molar-refractivity contribution in [3.05, 3.63) is 102 Å². The maximum atomic E-state index is 13.2. The molecule has 4 rings (SSSR count). The van der Waals surface area contributed by atoms with Crippen LogP contribution in [0, 0.1) is 5.92 Å². The van der Waals surface area contributed by atoms with E-state index >= 15 is 0 Å². The summed E-state index contributed by atoms with van der Waals surface area (Å²) in [5.41, 5.74) is 2.44. The van der Waals surface area contributed by atoms with E-state index in [0.29, 0.717) is 5.92 Å². The van der Waals surface area contributed by atoms with E-state index in [0.717, 1.165) is 49.5 Å². The molecular formula is C27H30N2OS. The Kier molecular flexibility index (Phi) is 7.81. The van der Waals surface area contributed by atoms with E-state index in [4.69, 9.17) is 0 Å². The number of carbonyl (C=O) groups is 1. The normalized spacial score (nSPS) is 17.4. The summed E-state index contributed by atoms with van der Waals surface area (Å²) >= 11 is 1.62. The minimum absolute atomic E-state index is 0.0998. The number of amides is 1. The molecule has 4 heteroatoms. The molecule has 31 heavy (non-hydrogen) atoms. The molecular weight excluding hydrogens is 400 g/mol. The van der Waals surface area contributed by atoms with Gasteiger partial charge in [0.1, 0.15) is 5.25 Å². The van der Waals surface area contributed by atoms with Crippen LogP contribution >= 0.6 is 11.8 Å². The number of thioether (sulfide) groups is 1. The van der Waals surface area contributed by atoms with Crippen LogP contribution in [0.15, 0.2) is 95.9 Å². The van der Waals surface area contributed by atoms with Crippen molar-refractivity contribution >= 4 is 17.7 Å². The third-order valence-electron chi connectivity index (χ3n) is 5.83. The molecule has 2 atom stereocenters. The van der Waals surface area contributed by atoms with Gasteiger partial charge in [-0.15, -0.1) is 11.8 Å². The molecule has 2 unspecified atom stereocenters. The lowest BCUT2D eigenvalue weighted by Gasteiger charge is -2.19. The molecule has 1 amide bonds. The molecule has 1 aliphatic heterocycles. The van der Waals surface area contributed by atoms with E-state index in [-0.39, 0.29) is 11.2 Å². The molecule has 0 radical (unpaired) electrons. The third-order valence-corrected chi connectivity index (χ3v) is 7.10. The van der Waals surface area contributed by atoms with Gasteiger partial charge in [-0.3, -0.25) is 4.79 Å². The van der Waals surface area contributed by atoms with Crippen molar-refractivity contribution in [2.24, 2.45) is 5.92 Å². The number of hydrogen-bond donors (Lipinski definition) is 1. The second-order valence-electron chi connectivity index (χ2n) is 8.16. The van der Waals surface area contributed by atoms with Gasteiger partial charge in [0, 0.05) is 24.5 Å². The summed E-state index contributed by atoms with van der Waals surface area (Å²) in [6, 6.07) is 30.9. The Morgan fingerprint density at radius 2 is 1.58 bits per heavy atom. The Morgan fingerprint density at radius 3 is 2.29 bits per heavy atom. The standard InChI is InChI=1S/C27H30N2OS/c30-27(26(24-12-6-2-7-13-24)31-25-14-8-3-9-15-25)28-20-23-17-19-29(21-23)18-16-22-10-4-1-5-11-22/h1-15,23,26H,16-21H2,(H,28,30). The largest absolute Gasteiger partial charge is 0.355 e. The number of nitrogens with one attached hydrogen (secondary N) is 1. The van der Waals surface area contributed by atoms with Gasteiger partial charge in [0.2, 0.25) is 5.91 Å². The molecule has 1 aliphatic rings. The summed E-state index contributed by atoms with van der Waals surface area (Å²) < 4.78 is 0. The van der Waals surface area contributed by atoms with E-state index in [2.05, 4.69) is 52.7 Å². The smallest absolute Gasteiger partial charge is 0.238 e. The molecule has 0 spiro atoms. The van der Waals surface area contributed by atoms with E-state index in [1.165, 1.54) is 5.56 Å². The predicted octanol–water partition coefficient (Wildman–Crippen LogP) is 5.20. The van der Waals surface area contributed by atoms with E-state index < -0.39 is 0 Å². The molecule has 1 fully saturated rings. The fourth-order valence-electron chi connectivity index (χ4n) is 4.09. The van der Waals surface area contributed by atoms with Crippen molar-refractivity contribution in [1.29, 1.82) is 0 Å². The molecule has 0 aliphatic carbocycles. The first kappa shape index (κ1) is 21.7. The van der Waals surface area contributed by atoms with Gasteiger partial charge in [-0.1, -0.05) is 78.9 Å². The first-order valence-electron chi connectivity index (χ1n) is 11.1. The Labute approximate surface area is 189 Å². The highest BCUT2D eigenvalue weighted by molar-refractivity contribution is 8.00. The maximum absolute atomic E-state index is 13.2. The van der Waals surface area contributed by atoms with Crippen molar-refractivity contribution < 1.29 is 4.79 Å².